The van der Waals surface area contributed by atoms with E-state index in [9.17, 15) is 18.3 Å². The van der Waals surface area contributed by atoms with Crippen LogP contribution in [0.4, 0.5) is 5.69 Å². The highest BCUT2D eigenvalue weighted by atomic mass is 32.2. The van der Waals surface area contributed by atoms with Crippen LogP contribution in [0, 0.1) is 0 Å². The number of benzene rings is 1. The maximum Gasteiger partial charge on any atom is 0.327 e. The van der Waals surface area contributed by atoms with Gasteiger partial charge in [-0.1, -0.05) is 12.1 Å². The molecule has 1 aliphatic heterocycles. The number of aliphatic carboxylic acids is 1. The number of hydrogen-bond acceptors (Lipinski definition) is 5. The van der Waals surface area contributed by atoms with Crippen LogP contribution in [-0.4, -0.2) is 50.6 Å². The topological polar surface area (TPSA) is 86.7 Å². The van der Waals surface area contributed by atoms with Crippen LogP contribution in [0.3, 0.4) is 0 Å². The van der Waals surface area contributed by atoms with Crippen LogP contribution in [0.1, 0.15) is 0 Å². The molecule has 6 nitrogen and oxygen atoms in total. The molecule has 1 heterocycles. The smallest absolute Gasteiger partial charge is 0.327 e. The van der Waals surface area contributed by atoms with Crippen LogP contribution in [-0.2, 0) is 14.8 Å². The van der Waals surface area contributed by atoms with E-state index in [2.05, 4.69) is 4.72 Å². The normalized spacial score (nSPS) is 19.9. The number of thioether (sulfide) groups is 1. The molecule has 1 aromatic carbocycles. The molecule has 20 heavy (non-hydrogen) atoms. The van der Waals surface area contributed by atoms with Gasteiger partial charge in [0.05, 0.1) is 5.69 Å². The summed E-state index contributed by atoms with van der Waals surface area (Å²) in [6.07, 6.45) is 0. The molecule has 8 heteroatoms. The summed E-state index contributed by atoms with van der Waals surface area (Å²) in [5, 5.41) is 9.30. The molecule has 1 aliphatic rings. The first-order chi connectivity index (χ1) is 9.47. The van der Waals surface area contributed by atoms with Crippen molar-refractivity contribution in [2.45, 2.75) is 10.9 Å². The molecule has 0 aromatic heterocycles. The largest absolute Gasteiger partial charge is 0.480 e. The molecule has 1 saturated heterocycles. The van der Waals surface area contributed by atoms with Gasteiger partial charge in [0.15, 0.2) is 0 Å². The first-order valence-electron chi connectivity index (χ1n) is 6.07. The summed E-state index contributed by atoms with van der Waals surface area (Å²) in [5.41, 5.74) is 0.439. The van der Waals surface area contributed by atoms with E-state index < -0.39 is 22.0 Å². The molecule has 0 spiro atoms. The van der Waals surface area contributed by atoms with E-state index in [0.29, 0.717) is 18.0 Å². The fourth-order valence-electron chi connectivity index (χ4n) is 2.13. The Morgan fingerprint density at radius 1 is 1.45 bits per heavy atom. The Morgan fingerprint density at radius 2 is 2.15 bits per heavy atom. The van der Waals surface area contributed by atoms with Gasteiger partial charge in [-0.3, -0.25) is 0 Å². The molecule has 2 rings (SSSR count). The zero-order valence-corrected chi connectivity index (χ0v) is 12.6. The van der Waals surface area contributed by atoms with Gasteiger partial charge in [0.25, 0.3) is 0 Å². The van der Waals surface area contributed by atoms with E-state index in [1.807, 2.05) is 0 Å². The Kier molecular flexibility index (Phi) is 4.56. The lowest BCUT2D eigenvalue weighted by atomic mass is 10.2. The second-order valence-corrected chi connectivity index (χ2v) is 7.30. The number of carboxylic acids is 1. The van der Waals surface area contributed by atoms with Crippen molar-refractivity contribution in [3.8, 4) is 0 Å². The maximum absolute atomic E-state index is 12.1. The molecule has 0 amide bonds. The third-order valence-corrected chi connectivity index (χ3v) is 5.63. The van der Waals surface area contributed by atoms with Crippen LogP contribution in [0.5, 0.6) is 0 Å². The lowest BCUT2D eigenvalue weighted by Crippen LogP contribution is -2.48. The Balaban J connectivity index is 2.49. The van der Waals surface area contributed by atoms with Gasteiger partial charge < -0.3 is 10.0 Å². The van der Waals surface area contributed by atoms with E-state index in [4.69, 9.17) is 0 Å². The molecule has 1 atom stereocenters. The van der Waals surface area contributed by atoms with Gasteiger partial charge in [0.1, 0.15) is 10.9 Å². The third-order valence-electron chi connectivity index (χ3n) is 3.15. The molecule has 0 radical (unpaired) electrons. The Morgan fingerprint density at radius 3 is 2.80 bits per heavy atom. The average molecular weight is 316 g/mol. The van der Waals surface area contributed by atoms with Gasteiger partial charge in [-0.25, -0.2) is 17.9 Å². The number of nitrogens with zero attached hydrogens (tertiary/aromatic N) is 1. The minimum absolute atomic E-state index is 0.112. The Hall–Kier alpha value is -1.25. The lowest BCUT2D eigenvalue weighted by molar-refractivity contribution is -0.138. The van der Waals surface area contributed by atoms with Gasteiger partial charge in [0, 0.05) is 18.1 Å². The van der Waals surface area contributed by atoms with Gasteiger partial charge in [0.2, 0.25) is 10.0 Å². The average Bonchev–Trinajstić information content (AvgIpc) is 2.47. The fourth-order valence-corrected chi connectivity index (χ4v) is 4.10. The highest BCUT2D eigenvalue weighted by Gasteiger charge is 2.32. The van der Waals surface area contributed by atoms with Crippen molar-refractivity contribution in [3.63, 3.8) is 0 Å². The molecular weight excluding hydrogens is 300 g/mol. The number of carboxylic acid groups (broad SMARTS) is 1. The number of rotatable bonds is 4. The lowest BCUT2D eigenvalue weighted by Gasteiger charge is -2.35. The molecule has 110 valence electrons. The molecule has 0 aliphatic carbocycles. The van der Waals surface area contributed by atoms with Gasteiger partial charge in [-0.15, -0.1) is 0 Å². The summed E-state index contributed by atoms with van der Waals surface area (Å²) in [6.45, 7) is 0.512. The van der Waals surface area contributed by atoms with E-state index in [1.54, 1.807) is 34.9 Å². The zero-order valence-electron chi connectivity index (χ0n) is 10.9. The SMILES string of the molecule is CNS(=O)(=O)c1ccccc1N1CCSCC1C(=O)O. The number of nitrogens with one attached hydrogen (secondary N) is 1. The first kappa shape index (κ1) is 15.1. The summed E-state index contributed by atoms with van der Waals surface area (Å²) < 4.78 is 26.4. The number of carbonyl (C=O) groups is 1. The molecule has 2 N–H and O–H groups in total. The first-order valence-corrected chi connectivity index (χ1v) is 8.71. The molecule has 0 saturated carbocycles. The summed E-state index contributed by atoms with van der Waals surface area (Å²) in [7, 11) is -2.28. The quantitative estimate of drug-likeness (QED) is 0.846. The van der Waals surface area contributed by atoms with Gasteiger partial charge >= 0.3 is 5.97 Å². The van der Waals surface area contributed by atoms with Gasteiger partial charge in [-0.2, -0.15) is 11.8 Å². The highest BCUT2D eigenvalue weighted by molar-refractivity contribution is 7.99. The van der Waals surface area contributed by atoms with Crippen molar-refractivity contribution in [2.75, 3.05) is 30.0 Å². The van der Waals surface area contributed by atoms with Crippen molar-refractivity contribution in [1.82, 2.24) is 4.72 Å². The summed E-state index contributed by atoms with van der Waals surface area (Å²) in [5.74, 6) is 0.287. The molecular formula is C12H16N2O4S2. The highest BCUT2D eigenvalue weighted by Crippen LogP contribution is 2.30. The standard InChI is InChI=1S/C12H16N2O4S2/c1-13-20(17,18)11-5-3-2-4-9(11)14-6-7-19-8-10(14)12(15)16/h2-5,10,13H,6-8H2,1H3,(H,15,16). The number of para-hydroxylation sites is 1. The van der Waals surface area contributed by atoms with Crippen molar-refractivity contribution >= 4 is 33.4 Å². The molecule has 1 aromatic rings. The number of anilines is 1. The monoisotopic (exact) mass is 316 g/mol. The van der Waals surface area contributed by atoms with Crippen LogP contribution < -0.4 is 9.62 Å². The van der Waals surface area contributed by atoms with Crippen molar-refractivity contribution in [2.24, 2.45) is 0 Å². The van der Waals surface area contributed by atoms with Crippen molar-refractivity contribution in [1.29, 1.82) is 0 Å². The second-order valence-electron chi connectivity index (χ2n) is 4.30. The zero-order chi connectivity index (χ0) is 14.8. The molecule has 0 bridgehead atoms. The van der Waals surface area contributed by atoms with Crippen LogP contribution in [0.25, 0.3) is 0 Å². The third kappa shape index (κ3) is 2.92. The van der Waals surface area contributed by atoms with E-state index in [-0.39, 0.29) is 4.90 Å². The van der Waals surface area contributed by atoms with Gasteiger partial charge in [-0.05, 0) is 19.2 Å². The number of sulfonamides is 1. The molecule has 1 unspecified atom stereocenters. The predicted molar refractivity (Wildman–Crippen MR) is 78.8 cm³/mol. The summed E-state index contributed by atoms with van der Waals surface area (Å²) >= 11 is 1.56. The fraction of sp³-hybridized carbons (Fsp3) is 0.417. The maximum atomic E-state index is 12.1. The van der Waals surface area contributed by atoms with Crippen LogP contribution in [0.15, 0.2) is 29.2 Å². The van der Waals surface area contributed by atoms with E-state index in [1.165, 1.54) is 13.1 Å². The van der Waals surface area contributed by atoms with Crippen molar-refractivity contribution < 1.29 is 18.3 Å². The van der Waals surface area contributed by atoms with Crippen molar-refractivity contribution in [3.05, 3.63) is 24.3 Å². The predicted octanol–water partition coefficient (Wildman–Crippen LogP) is 0.601. The van der Waals surface area contributed by atoms with E-state index >= 15 is 0 Å². The van der Waals surface area contributed by atoms with E-state index in [0.717, 1.165) is 5.75 Å². The summed E-state index contributed by atoms with van der Waals surface area (Å²) in [4.78, 5) is 13.1. The summed E-state index contributed by atoms with van der Waals surface area (Å²) in [6, 6.07) is 5.77. The Bertz CT molecular complexity index is 603. The second kappa shape index (κ2) is 6.02. The Labute approximate surface area is 122 Å². The number of hydrogen-bond donors (Lipinski definition) is 2. The molecule has 1 fully saturated rings. The van der Waals surface area contributed by atoms with Crippen LogP contribution in [0.2, 0.25) is 0 Å². The van der Waals surface area contributed by atoms with Crippen LogP contribution >= 0.6 is 11.8 Å². The minimum atomic E-state index is -3.62. The minimum Gasteiger partial charge on any atom is -0.480 e.